The van der Waals surface area contributed by atoms with Crippen LogP contribution in [0, 0.1) is 0 Å². The van der Waals surface area contributed by atoms with Crippen LogP contribution in [0.15, 0.2) is 83.8 Å². The van der Waals surface area contributed by atoms with Gasteiger partial charge in [0.1, 0.15) is 4.90 Å². The van der Waals surface area contributed by atoms with Gasteiger partial charge < -0.3 is 4.74 Å². The van der Waals surface area contributed by atoms with E-state index in [2.05, 4.69) is 15.5 Å². The van der Waals surface area contributed by atoms with Crippen LogP contribution in [0.1, 0.15) is 10.4 Å². The van der Waals surface area contributed by atoms with Gasteiger partial charge in [-0.15, -0.1) is 0 Å². The molecular weight excluding hydrogens is 374 g/mol. The third kappa shape index (κ3) is 3.30. The average Bonchev–Trinajstić information content (AvgIpc) is 2.71. The van der Waals surface area contributed by atoms with Gasteiger partial charge in [-0.25, -0.2) is 13.2 Å². The molecule has 0 aliphatic heterocycles. The van der Waals surface area contributed by atoms with Crippen molar-refractivity contribution < 1.29 is 17.9 Å². The molecule has 0 aliphatic rings. The highest BCUT2D eigenvalue weighted by molar-refractivity contribution is 7.92. The monoisotopic (exact) mass is 391 g/mol. The first kappa shape index (κ1) is 18.0. The van der Waals surface area contributed by atoms with Crippen molar-refractivity contribution in [3.63, 3.8) is 0 Å². The van der Waals surface area contributed by atoms with Crippen molar-refractivity contribution in [2.24, 2.45) is 0 Å². The molecule has 4 rings (SSSR count). The maximum absolute atomic E-state index is 12.9. The van der Waals surface area contributed by atoms with Crippen LogP contribution in [0.5, 0.6) is 0 Å². The number of carbonyl (C=O) groups is 1. The molecule has 0 aromatic heterocycles. The van der Waals surface area contributed by atoms with E-state index in [0.29, 0.717) is 5.69 Å². The Morgan fingerprint density at radius 2 is 1.39 bits per heavy atom. The zero-order valence-electron chi connectivity index (χ0n) is 15.0. The second-order valence-electron chi connectivity index (χ2n) is 6.35. The van der Waals surface area contributed by atoms with Crippen LogP contribution < -0.4 is 4.72 Å². The Hall–Kier alpha value is -3.38. The molecule has 4 aromatic carbocycles. The molecule has 0 fully saturated rings. The molecule has 0 radical (unpaired) electrons. The van der Waals surface area contributed by atoms with Gasteiger partial charge in [0.15, 0.2) is 0 Å². The summed E-state index contributed by atoms with van der Waals surface area (Å²) in [4.78, 5) is 11.8. The van der Waals surface area contributed by atoms with Gasteiger partial charge in [0.05, 0.1) is 12.7 Å². The molecule has 0 bridgehead atoms. The molecule has 6 heteroatoms. The number of hydrogen-bond donors (Lipinski definition) is 1. The Labute approximate surface area is 162 Å². The Morgan fingerprint density at radius 1 is 0.786 bits per heavy atom. The lowest BCUT2D eigenvalue weighted by Gasteiger charge is -2.12. The minimum absolute atomic E-state index is 0.00992. The van der Waals surface area contributed by atoms with Gasteiger partial charge in [-0.2, -0.15) is 0 Å². The molecule has 0 heterocycles. The summed E-state index contributed by atoms with van der Waals surface area (Å²) < 4.78 is 33.0. The van der Waals surface area contributed by atoms with Crippen LogP contribution in [0.2, 0.25) is 0 Å². The first-order valence-electron chi connectivity index (χ1n) is 8.61. The number of methoxy groups -OCH3 is 1. The molecule has 4 aromatic rings. The first-order chi connectivity index (χ1) is 13.5. The molecule has 0 unspecified atom stereocenters. The van der Waals surface area contributed by atoms with Crippen LogP contribution in [-0.4, -0.2) is 21.5 Å². The molecular formula is C22H17NO4S. The van der Waals surface area contributed by atoms with Gasteiger partial charge in [-0.05, 0) is 57.9 Å². The van der Waals surface area contributed by atoms with Crippen molar-refractivity contribution in [2.75, 3.05) is 11.8 Å². The van der Waals surface area contributed by atoms with E-state index in [-0.39, 0.29) is 10.5 Å². The van der Waals surface area contributed by atoms with Crippen molar-refractivity contribution in [2.45, 2.75) is 4.90 Å². The Bertz CT molecular complexity index is 1310. The lowest BCUT2D eigenvalue weighted by molar-refractivity contribution is 0.0596. The number of benzene rings is 4. The average molecular weight is 391 g/mol. The Balaban J connectivity index is 1.75. The molecule has 0 atom stereocenters. The van der Waals surface area contributed by atoms with Crippen LogP contribution in [0.3, 0.4) is 0 Å². The molecule has 5 nitrogen and oxygen atoms in total. The zero-order chi connectivity index (χ0) is 19.7. The van der Waals surface area contributed by atoms with E-state index in [0.717, 1.165) is 21.5 Å². The van der Waals surface area contributed by atoms with Crippen molar-refractivity contribution in [1.29, 1.82) is 0 Å². The minimum Gasteiger partial charge on any atom is -0.465 e. The fourth-order valence-electron chi connectivity index (χ4n) is 3.19. The van der Waals surface area contributed by atoms with Crippen LogP contribution >= 0.6 is 0 Å². The largest absolute Gasteiger partial charge is 0.465 e. The second-order valence-corrected chi connectivity index (χ2v) is 8.01. The molecule has 140 valence electrons. The molecule has 0 aliphatic carbocycles. The lowest BCUT2D eigenvalue weighted by atomic mass is 10.0. The number of fused-ring (bicyclic) bond motifs is 2. The summed E-state index contributed by atoms with van der Waals surface area (Å²) in [5.41, 5.74) is 0.409. The number of esters is 1. The van der Waals surface area contributed by atoms with Gasteiger partial charge >= 0.3 is 5.97 Å². The maximum Gasteiger partial charge on any atom is 0.339 e. The number of rotatable bonds is 4. The highest BCUT2D eigenvalue weighted by atomic mass is 32.2. The fraction of sp³-hybridized carbons (Fsp3) is 0.0455. The van der Waals surface area contributed by atoms with Crippen molar-refractivity contribution in [3.05, 3.63) is 84.4 Å². The van der Waals surface area contributed by atoms with E-state index in [4.69, 9.17) is 0 Å². The van der Waals surface area contributed by atoms with Crippen LogP contribution in [0.25, 0.3) is 21.5 Å². The predicted octanol–water partition coefficient (Wildman–Crippen LogP) is 4.58. The summed E-state index contributed by atoms with van der Waals surface area (Å²) in [6.07, 6.45) is 0. The normalized spacial score (nSPS) is 11.5. The summed E-state index contributed by atoms with van der Waals surface area (Å²) in [5, 5.41) is 4.12. The van der Waals surface area contributed by atoms with Gasteiger partial charge in [0.2, 0.25) is 0 Å². The van der Waals surface area contributed by atoms with E-state index in [1.54, 1.807) is 24.3 Å². The number of nitrogens with one attached hydrogen (secondary N) is 1. The van der Waals surface area contributed by atoms with E-state index < -0.39 is 16.0 Å². The topological polar surface area (TPSA) is 72.5 Å². The predicted molar refractivity (Wildman–Crippen MR) is 110 cm³/mol. The summed E-state index contributed by atoms with van der Waals surface area (Å²) in [6, 6.07) is 23.4. The van der Waals surface area contributed by atoms with Gasteiger partial charge in [0.25, 0.3) is 10.0 Å². The molecule has 0 amide bonds. The van der Waals surface area contributed by atoms with E-state index in [9.17, 15) is 13.2 Å². The lowest BCUT2D eigenvalue weighted by Crippen LogP contribution is -2.17. The third-order valence-corrected chi connectivity index (χ3v) is 5.98. The maximum atomic E-state index is 12.9. The fourth-order valence-corrected chi connectivity index (χ4v) is 4.44. The van der Waals surface area contributed by atoms with E-state index in [1.165, 1.54) is 19.2 Å². The molecule has 28 heavy (non-hydrogen) atoms. The smallest absolute Gasteiger partial charge is 0.339 e. The van der Waals surface area contributed by atoms with Crippen molar-refractivity contribution in [1.82, 2.24) is 0 Å². The number of carbonyl (C=O) groups excluding carboxylic acids is 1. The van der Waals surface area contributed by atoms with Gasteiger partial charge in [-0.1, -0.05) is 42.5 Å². The molecule has 0 spiro atoms. The van der Waals surface area contributed by atoms with E-state index >= 15 is 0 Å². The third-order valence-electron chi connectivity index (χ3n) is 4.54. The number of anilines is 1. The summed E-state index contributed by atoms with van der Waals surface area (Å²) >= 11 is 0. The highest BCUT2D eigenvalue weighted by Gasteiger charge is 2.22. The standard InChI is InChI=1S/C22H17NO4S/c1-27-22(24)20-8-4-5-9-21(20)28(25,26)23-19-11-10-17-12-15-6-2-3-7-16(15)13-18(17)14-19/h2-14,23H,1H3. The van der Waals surface area contributed by atoms with E-state index in [1.807, 2.05) is 36.4 Å². The summed E-state index contributed by atoms with van der Waals surface area (Å²) in [5.74, 6) is -0.703. The quantitative estimate of drug-likeness (QED) is 0.408. The number of sulfonamides is 1. The SMILES string of the molecule is COC(=O)c1ccccc1S(=O)(=O)Nc1ccc2cc3ccccc3cc2c1. The second kappa shape index (κ2) is 6.98. The summed E-state index contributed by atoms with van der Waals surface area (Å²) in [7, 11) is -2.75. The Morgan fingerprint density at radius 3 is 2.11 bits per heavy atom. The molecule has 0 saturated carbocycles. The van der Waals surface area contributed by atoms with Crippen molar-refractivity contribution >= 4 is 43.2 Å². The molecule has 0 saturated heterocycles. The summed E-state index contributed by atoms with van der Waals surface area (Å²) in [6.45, 7) is 0. The Kier molecular flexibility index (Phi) is 4.49. The minimum atomic E-state index is -3.96. The van der Waals surface area contributed by atoms with Crippen LogP contribution in [0.4, 0.5) is 5.69 Å². The van der Waals surface area contributed by atoms with Gasteiger partial charge in [0, 0.05) is 5.69 Å². The first-order valence-corrected chi connectivity index (χ1v) is 10.1. The highest BCUT2D eigenvalue weighted by Crippen LogP contribution is 2.27. The number of hydrogen-bond acceptors (Lipinski definition) is 4. The van der Waals surface area contributed by atoms with Gasteiger partial charge in [-0.3, -0.25) is 4.72 Å². The van der Waals surface area contributed by atoms with Crippen LogP contribution in [-0.2, 0) is 14.8 Å². The number of ether oxygens (including phenoxy) is 1. The van der Waals surface area contributed by atoms with Crippen molar-refractivity contribution in [3.8, 4) is 0 Å². The zero-order valence-corrected chi connectivity index (χ0v) is 15.9. The molecule has 1 N–H and O–H groups in total.